The van der Waals surface area contributed by atoms with Crippen LogP contribution in [0.1, 0.15) is 17.2 Å². The monoisotopic (exact) mass is 327 g/mol. The Morgan fingerprint density at radius 1 is 1.22 bits per heavy atom. The summed E-state index contributed by atoms with van der Waals surface area (Å²) in [4.78, 5) is 0. The van der Waals surface area contributed by atoms with E-state index in [4.69, 9.17) is 15.2 Å². The van der Waals surface area contributed by atoms with E-state index in [0.29, 0.717) is 0 Å². The molecule has 0 bridgehead atoms. The van der Waals surface area contributed by atoms with Crippen molar-refractivity contribution in [2.45, 2.75) is 6.04 Å². The van der Waals surface area contributed by atoms with Gasteiger partial charge in [0.15, 0.2) is 0 Å². The molecule has 2 aromatic rings. The lowest BCUT2D eigenvalue weighted by atomic mass is 10.0. The fourth-order valence-electron chi connectivity index (χ4n) is 1.76. The van der Waals surface area contributed by atoms with Crippen molar-refractivity contribution in [3.63, 3.8) is 0 Å². The van der Waals surface area contributed by atoms with Crippen molar-refractivity contribution in [3.8, 4) is 11.5 Å². The molecule has 0 fully saturated rings. The lowest BCUT2D eigenvalue weighted by Gasteiger charge is -2.17. The van der Waals surface area contributed by atoms with E-state index in [1.54, 1.807) is 25.6 Å². The zero-order chi connectivity index (χ0) is 13.1. The van der Waals surface area contributed by atoms with Crippen molar-refractivity contribution in [2.24, 2.45) is 5.73 Å². The highest BCUT2D eigenvalue weighted by Crippen LogP contribution is 2.37. The summed E-state index contributed by atoms with van der Waals surface area (Å²) in [5, 5.41) is 4.05. The SMILES string of the molecule is COc1cc([C@H](N)c2ccsc2)c(OC)cc1Br. The van der Waals surface area contributed by atoms with Gasteiger partial charge in [-0.15, -0.1) is 0 Å². The number of halogens is 1. The van der Waals surface area contributed by atoms with Gasteiger partial charge >= 0.3 is 0 Å². The number of nitrogens with two attached hydrogens (primary N) is 1. The molecular weight excluding hydrogens is 314 g/mol. The Labute approximate surface area is 119 Å². The average Bonchev–Trinajstić information content (AvgIpc) is 2.91. The molecule has 0 amide bonds. The van der Waals surface area contributed by atoms with Crippen LogP contribution >= 0.6 is 27.3 Å². The predicted octanol–water partition coefficient (Wildman–Crippen LogP) is 3.58. The third-order valence-electron chi connectivity index (χ3n) is 2.74. The zero-order valence-electron chi connectivity index (χ0n) is 10.1. The van der Waals surface area contributed by atoms with Gasteiger partial charge in [0.1, 0.15) is 11.5 Å². The van der Waals surface area contributed by atoms with Crippen molar-refractivity contribution in [1.29, 1.82) is 0 Å². The highest BCUT2D eigenvalue weighted by Gasteiger charge is 2.17. The van der Waals surface area contributed by atoms with E-state index in [2.05, 4.69) is 15.9 Å². The number of methoxy groups -OCH3 is 2. The standard InChI is InChI=1S/C13H14BrNO2S/c1-16-11-6-10(14)12(17-2)5-9(11)13(15)8-3-4-18-7-8/h3-7,13H,15H2,1-2H3/t13-/m1/s1. The number of benzene rings is 1. The number of hydrogen-bond acceptors (Lipinski definition) is 4. The molecule has 0 saturated carbocycles. The minimum atomic E-state index is -0.215. The summed E-state index contributed by atoms with van der Waals surface area (Å²) in [6.07, 6.45) is 0. The van der Waals surface area contributed by atoms with E-state index in [9.17, 15) is 0 Å². The maximum absolute atomic E-state index is 6.27. The normalized spacial score (nSPS) is 12.2. The molecule has 0 aliphatic rings. The summed E-state index contributed by atoms with van der Waals surface area (Å²) in [6.45, 7) is 0. The molecule has 0 saturated heterocycles. The highest BCUT2D eigenvalue weighted by atomic mass is 79.9. The van der Waals surface area contributed by atoms with Gasteiger partial charge in [-0.2, -0.15) is 11.3 Å². The van der Waals surface area contributed by atoms with Crippen molar-refractivity contribution in [1.82, 2.24) is 0 Å². The van der Waals surface area contributed by atoms with Crippen molar-refractivity contribution in [3.05, 3.63) is 44.6 Å². The van der Waals surface area contributed by atoms with E-state index in [1.165, 1.54) is 0 Å². The Hall–Kier alpha value is -1.04. The molecule has 5 heteroatoms. The molecule has 0 unspecified atom stereocenters. The molecule has 2 N–H and O–H groups in total. The average molecular weight is 328 g/mol. The van der Waals surface area contributed by atoms with Gasteiger partial charge in [0.25, 0.3) is 0 Å². The van der Waals surface area contributed by atoms with Gasteiger partial charge < -0.3 is 15.2 Å². The number of thiophene rings is 1. The van der Waals surface area contributed by atoms with Crippen LogP contribution in [0.5, 0.6) is 11.5 Å². The maximum atomic E-state index is 6.27. The summed E-state index contributed by atoms with van der Waals surface area (Å²) < 4.78 is 11.5. The van der Waals surface area contributed by atoms with E-state index in [-0.39, 0.29) is 6.04 Å². The highest BCUT2D eigenvalue weighted by molar-refractivity contribution is 9.10. The Kier molecular flexibility index (Phi) is 4.27. The second-order valence-corrected chi connectivity index (χ2v) is 5.40. The summed E-state index contributed by atoms with van der Waals surface area (Å²) >= 11 is 5.06. The minimum absolute atomic E-state index is 0.215. The third-order valence-corrected chi connectivity index (χ3v) is 4.06. The van der Waals surface area contributed by atoms with Crippen LogP contribution in [-0.4, -0.2) is 14.2 Å². The number of rotatable bonds is 4. The summed E-state index contributed by atoms with van der Waals surface area (Å²) in [5.74, 6) is 1.50. The molecule has 0 aliphatic carbocycles. The van der Waals surface area contributed by atoms with E-state index in [1.807, 2.05) is 29.0 Å². The first-order valence-corrected chi connectivity index (χ1v) is 7.10. The lowest BCUT2D eigenvalue weighted by molar-refractivity contribution is 0.395. The molecule has 2 rings (SSSR count). The Morgan fingerprint density at radius 3 is 2.50 bits per heavy atom. The quantitative estimate of drug-likeness (QED) is 0.933. The van der Waals surface area contributed by atoms with Gasteiger partial charge in [0.2, 0.25) is 0 Å². The second-order valence-electron chi connectivity index (χ2n) is 3.76. The van der Waals surface area contributed by atoms with Crippen LogP contribution in [0.15, 0.2) is 33.4 Å². The fraction of sp³-hybridized carbons (Fsp3) is 0.231. The molecule has 1 atom stereocenters. The van der Waals surface area contributed by atoms with Gasteiger partial charge in [-0.25, -0.2) is 0 Å². The number of ether oxygens (including phenoxy) is 2. The molecule has 96 valence electrons. The first-order chi connectivity index (χ1) is 8.67. The third kappa shape index (κ3) is 2.53. The van der Waals surface area contributed by atoms with Crippen LogP contribution in [0, 0.1) is 0 Å². The maximum Gasteiger partial charge on any atom is 0.133 e. The lowest BCUT2D eigenvalue weighted by Crippen LogP contribution is -2.12. The van der Waals surface area contributed by atoms with E-state index < -0.39 is 0 Å². The zero-order valence-corrected chi connectivity index (χ0v) is 12.5. The van der Waals surface area contributed by atoms with Gasteiger partial charge in [-0.3, -0.25) is 0 Å². The first kappa shape index (κ1) is 13.4. The molecule has 1 aromatic carbocycles. The van der Waals surface area contributed by atoms with Crippen LogP contribution in [-0.2, 0) is 0 Å². The topological polar surface area (TPSA) is 44.5 Å². The fourth-order valence-corrected chi connectivity index (χ4v) is 2.94. The second kappa shape index (κ2) is 5.73. The van der Waals surface area contributed by atoms with E-state index in [0.717, 1.165) is 27.1 Å². The van der Waals surface area contributed by atoms with Gasteiger partial charge in [-0.1, -0.05) is 0 Å². The Bertz CT molecular complexity index is 528. The van der Waals surface area contributed by atoms with Crippen LogP contribution in [0.2, 0.25) is 0 Å². The van der Waals surface area contributed by atoms with Gasteiger partial charge in [0, 0.05) is 5.56 Å². The molecular formula is C13H14BrNO2S. The Morgan fingerprint density at radius 2 is 1.94 bits per heavy atom. The van der Waals surface area contributed by atoms with E-state index >= 15 is 0 Å². The molecule has 18 heavy (non-hydrogen) atoms. The molecule has 3 nitrogen and oxygen atoms in total. The van der Waals surface area contributed by atoms with Crippen LogP contribution in [0.4, 0.5) is 0 Å². The molecule has 1 heterocycles. The largest absolute Gasteiger partial charge is 0.496 e. The number of hydrogen-bond donors (Lipinski definition) is 1. The van der Waals surface area contributed by atoms with Crippen molar-refractivity contribution in [2.75, 3.05) is 14.2 Å². The van der Waals surface area contributed by atoms with Crippen LogP contribution < -0.4 is 15.2 Å². The Balaban J connectivity index is 2.48. The van der Waals surface area contributed by atoms with Gasteiger partial charge in [0.05, 0.1) is 24.7 Å². The van der Waals surface area contributed by atoms with Crippen molar-refractivity contribution < 1.29 is 9.47 Å². The molecule has 0 radical (unpaired) electrons. The molecule has 0 aliphatic heterocycles. The minimum Gasteiger partial charge on any atom is -0.496 e. The molecule has 1 aromatic heterocycles. The summed E-state index contributed by atoms with van der Waals surface area (Å²) in [7, 11) is 3.27. The summed E-state index contributed by atoms with van der Waals surface area (Å²) in [6, 6.07) is 5.59. The summed E-state index contributed by atoms with van der Waals surface area (Å²) in [5.41, 5.74) is 8.25. The first-order valence-electron chi connectivity index (χ1n) is 5.36. The van der Waals surface area contributed by atoms with Crippen LogP contribution in [0.3, 0.4) is 0 Å². The van der Waals surface area contributed by atoms with Gasteiger partial charge in [-0.05, 0) is 50.5 Å². The van der Waals surface area contributed by atoms with Crippen LogP contribution in [0.25, 0.3) is 0 Å². The smallest absolute Gasteiger partial charge is 0.133 e. The molecule has 0 spiro atoms. The predicted molar refractivity (Wildman–Crippen MR) is 77.6 cm³/mol. The van der Waals surface area contributed by atoms with Crippen molar-refractivity contribution >= 4 is 27.3 Å².